The number of rotatable bonds is 6. The zero-order valence-corrected chi connectivity index (χ0v) is 11.4. The van der Waals surface area contributed by atoms with E-state index in [2.05, 4.69) is 28.9 Å². The minimum atomic E-state index is 0.378. The van der Waals surface area contributed by atoms with Gasteiger partial charge in [-0.15, -0.1) is 0 Å². The van der Waals surface area contributed by atoms with Gasteiger partial charge in [-0.05, 0) is 49.0 Å². The maximum absolute atomic E-state index is 6.03. The van der Waals surface area contributed by atoms with Gasteiger partial charge in [-0.25, -0.2) is 0 Å². The summed E-state index contributed by atoms with van der Waals surface area (Å²) in [6.07, 6.45) is 9.05. The van der Waals surface area contributed by atoms with Gasteiger partial charge in [-0.3, -0.25) is 9.88 Å². The predicted molar refractivity (Wildman–Crippen MR) is 75.1 cm³/mol. The molecule has 1 aliphatic rings. The zero-order valence-electron chi connectivity index (χ0n) is 11.4. The van der Waals surface area contributed by atoms with Crippen LogP contribution in [0.1, 0.15) is 38.2 Å². The third-order valence-corrected chi connectivity index (χ3v) is 4.26. The van der Waals surface area contributed by atoms with E-state index in [1.165, 1.54) is 31.2 Å². The molecule has 1 saturated carbocycles. The van der Waals surface area contributed by atoms with Crippen molar-refractivity contribution in [3.05, 3.63) is 30.1 Å². The average Bonchev–Trinajstić information content (AvgIpc) is 2.88. The van der Waals surface area contributed by atoms with Gasteiger partial charge >= 0.3 is 0 Å². The fourth-order valence-electron chi connectivity index (χ4n) is 3.05. The van der Waals surface area contributed by atoms with Gasteiger partial charge < -0.3 is 5.73 Å². The van der Waals surface area contributed by atoms with E-state index in [4.69, 9.17) is 5.73 Å². The smallest absolute Gasteiger partial charge is 0.0271 e. The molecule has 0 aliphatic heterocycles. The largest absolute Gasteiger partial charge is 0.330 e. The Morgan fingerprint density at radius 3 is 2.50 bits per heavy atom. The molecule has 18 heavy (non-hydrogen) atoms. The van der Waals surface area contributed by atoms with Crippen LogP contribution in [0.3, 0.4) is 0 Å². The minimum absolute atomic E-state index is 0.378. The highest BCUT2D eigenvalue weighted by molar-refractivity contribution is 5.09. The van der Waals surface area contributed by atoms with Crippen LogP contribution in [0.5, 0.6) is 0 Å². The summed E-state index contributed by atoms with van der Waals surface area (Å²) in [7, 11) is 0. The molecule has 0 aromatic carbocycles. The molecule has 100 valence electrons. The predicted octanol–water partition coefficient (Wildman–Crippen LogP) is 2.42. The van der Waals surface area contributed by atoms with Gasteiger partial charge in [0.25, 0.3) is 0 Å². The maximum atomic E-state index is 6.03. The first-order valence-corrected chi connectivity index (χ1v) is 7.09. The second-order valence-electron chi connectivity index (χ2n) is 5.57. The molecule has 1 aliphatic carbocycles. The normalized spacial score (nSPS) is 18.4. The van der Waals surface area contributed by atoms with Gasteiger partial charge in [-0.1, -0.05) is 19.8 Å². The van der Waals surface area contributed by atoms with Crippen LogP contribution in [-0.4, -0.2) is 29.5 Å². The highest BCUT2D eigenvalue weighted by Crippen LogP contribution is 2.38. The molecule has 3 heteroatoms. The summed E-state index contributed by atoms with van der Waals surface area (Å²) < 4.78 is 0. The van der Waals surface area contributed by atoms with Gasteiger partial charge in [0.2, 0.25) is 0 Å². The molecule has 3 nitrogen and oxygen atoms in total. The highest BCUT2D eigenvalue weighted by atomic mass is 15.1. The number of pyridine rings is 1. The molecule has 0 amide bonds. The second kappa shape index (κ2) is 6.30. The summed E-state index contributed by atoms with van der Waals surface area (Å²) in [5, 5.41) is 0. The molecule has 0 saturated heterocycles. The molecule has 2 rings (SSSR count). The van der Waals surface area contributed by atoms with Gasteiger partial charge in [0.1, 0.15) is 0 Å². The van der Waals surface area contributed by atoms with Crippen molar-refractivity contribution in [3.8, 4) is 0 Å². The summed E-state index contributed by atoms with van der Waals surface area (Å²) in [6.45, 7) is 6.31. The first-order chi connectivity index (χ1) is 8.78. The molecule has 1 aromatic rings. The Morgan fingerprint density at radius 1 is 1.28 bits per heavy atom. The van der Waals surface area contributed by atoms with E-state index in [0.29, 0.717) is 5.41 Å². The van der Waals surface area contributed by atoms with E-state index in [0.717, 1.165) is 26.2 Å². The van der Waals surface area contributed by atoms with E-state index >= 15 is 0 Å². The number of nitrogens with two attached hydrogens (primary N) is 1. The first-order valence-electron chi connectivity index (χ1n) is 7.09. The third-order valence-electron chi connectivity index (χ3n) is 4.26. The van der Waals surface area contributed by atoms with Crippen LogP contribution in [-0.2, 0) is 6.54 Å². The van der Waals surface area contributed by atoms with Crippen molar-refractivity contribution < 1.29 is 0 Å². The van der Waals surface area contributed by atoms with Crippen molar-refractivity contribution in [1.29, 1.82) is 0 Å². The Morgan fingerprint density at radius 2 is 1.94 bits per heavy atom. The minimum Gasteiger partial charge on any atom is -0.330 e. The summed E-state index contributed by atoms with van der Waals surface area (Å²) in [6, 6.07) is 4.21. The molecule has 0 atom stereocenters. The third kappa shape index (κ3) is 3.30. The lowest BCUT2D eigenvalue weighted by molar-refractivity contribution is 0.157. The SMILES string of the molecule is CCN(Cc1ccncc1)CC1(CN)CCCC1. The monoisotopic (exact) mass is 247 g/mol. The van der Waals surface area contributed by atoms with Crippen molar-refractivity contribution in [2.24, 2.45) is 11.1 Å². The highest BCUT2D eigenvalue weighted by Gasteiger charge is 2.33. The molecule has 1 aromatic heterocycles. The molecule has 1 fully saturated rings. The van der Waals surface area contributed by atoms with Crippen molar-refractivity contribution in [2.75, 3.05) is 19.6 Å². The van der Waals surface area contributed by atoms with Crippen LogP contribution in [0.2, 0.25) is 0 Å². The van der Waals surface area contributed by atoms with Gasteiger partial charge in [0, 0.05) is 25.5 Å². The molecule has 1 heterocycles. The Hall–Kier alpha value is -0.930. The van der Waals surface area contributed by atoms with Gasteiger partial charge in [0.15, 0.2) is 0 Å². The second-order valence-corrected chi connectivity index (χ2v) is 5.57. The van der Waals surface area contributed by atoms with E-state index in [1.807, 2.05) is 12.4 Å². The lowest BCUT2D eigenvalue weighted by atomic mass is 9.85. The Bertz CT molecular complexity index is 344. The van der Waals surface area contributed by atoms with Crippen molar-refractivity contribution in [2.45, 2.75) is 39.2 Å². The molecule has 2 N–H and O–H groups in total. The van der Waals surface area contributed by atoms with Crippen molar-refractivity contribution >= 4 is 0 Å². The Kier molecular flexibility index (Phi) is 4.72. The fraction of sp³-hybridized carbons (Fsp3) is 0.667. The van der Waals surface area contributed by atoms with Crippen LogP contribution < -0.4 is 5.73 Å². The molecule has 0 spiro atoms. The number of hydrogen-bond acceptors (Lipinski definition) is 3. The van der Waals surface area contributed by atoms with Crippen LogP contribution >= 0.6 is 0 Å². The molecular weight excluding hydrogens is 222 g/mol. The molecule has 0 bridgehead atoms. The van der Waals surface area contributed by atoms with Crippen molar-refractivity contribution in [1.82, 2.24) is 9.88 Å². The van der Waals surface area contributed by atoms with Crippen LogP contribution in [0.15, 0.2) is 24.5 Å². The van der Waals surface area contributed by atoms with E-state index in [1.54, 1.807) is 0 Å². The standard InChI is InChI=1S/C15H25N3/c1-2-18(11-14-5-9-17-10-6-14)13-15(12-16)7-3-4-8-15/h5-6,9-10H,2-4,7-8,11-13,16H2,1H3. The molecule has 0 radical (unpaired) electrons. The zero-order chi connectivity index (χ0) is 12.8. The van der Waals surface area contributed by atoms with Crippen LogP contribution in [0, 0.1) is 5.41 Å². The van der Waals surface area contributed by atoms with Crippen LogP contribution in [0.4, 0.5) is 0 Å². The molecule has 0 unspecified atom stereocenters. The van der Waals surface area contributed by atoms with E-state index < -0.39 is 0 Å². The van der Waals surface area contributed by atoms with E-state index in [9.17, 15) is 0 Å². The lowest BCUT2D eigenvalue weighted by Crippen LogP contribution is -2.40. The number of hydrogen-bond donors (Lipinski definition) is 1. The summed E-state index contributed by atoms with van der Waals surface area (Å²) >= 11 is 0. The summed E-state index contributed by atoms with van der Waals surface area (Å²) in [5.41, 5.74) is 7.75. The first kappa shape index (κ1) is 13.5. The van der Waals surface area contributed by atoms with E-state index in [-0.39, 0.29) is 0 Å². The number of nitrogens with zero attached hydrogens (tertiary/aromatic N) is 2. The molecular formula is C15H25N3. The topological polar surface area (TPSA) is 42.2 Å². The number of aromatic nitrogens is 1. The Labute approximate surface area is 110 Å². The fourth-order valence-corrected chi connectivity index (χ4v) is 3.05. The quantitative estimate of drug-likeness (QED) is 0.839. The van der Waals surface area contributed by atoms with Gasteiger partial charge in [-0.2, -0.15) is 0 Å². The average molecular weight is 247 g/mol. The van der Waals surface area contributed by atoms with Crippen molar-refractivity contribution in [3.63, 3.8) is 0 Å². The van der Waals surface area contributed by atoms with Crippen LogP contribution in [0.25, 0.3) is 0 Å². The lowest BCUT2D eigenvalue weighted by Gasteiger charge is -2.34. The Balaban J connectivity index is 1.96. The summed E-state index contributed by atoms with van der Waals surface area (Å²) in [4.78, 5) is 6.59. The summed E-state index contributed by atoms with van der Waals surface area (Å²) in [5.74, 6) is 0. The van der Waals surface area contributed by atoms with Gasteiger partial charge in [0.05, 0.1) is 0 Å². The maximum Gasteiger partial charge on any atom is 0.0271 e.